The van der Waals surface area contributed by atoms with Crippen molar-refractivity contribution < 1.29 is 23.8 Å². The Bertz CT molecular complexity index is 1150. The number of nitrogens with zero attached hydrogens (tertiary/aromatic N) is 3. The molecule has 0 fully saturated rings. The monoisotopic (exact) mass is 450 g/mol. The Hall–Kier alpha value is -3.72. The van der Waals surface area contributed by atoms with Crippen LogP contribution >= 0.6 is 0 Å². The summed E-state index contributed by atoms with van der Waals surface area (Å²) in [5, 5.41) is 7.78. The summed E-state index contributed by atoms with van der Waals surface area (Å²) in [6.07, 6.45) is 6.79. The zero-order valence-corrected chi connectivity index (χ0v) is 18.6. The standard InChI is InChI=1S/C24H26N4O5/c1-29-21-10-17(22(30-2)24-23(21)31-15-32-24)9-19-11-18(27-33-19)13-26-12-16-5-3-4-6-20(16)28-8-7-25-14-28/h3-8,10,14,19,26H,9,11-13,15H2,1-2H3/t19-/m0/s1. The fourth-order valence-corrected chi connectivity index (χ4v) is 4.19. The highest BCUT2D eigenvalue weighted by atomic mass is 16.7. The van der Waals surface area contributed by atoms with Gasteiger partial charge in [0.2, 0.25) is 18.3 Å². The SMILES string of the molecule is COc1cc(C[C@H]2CC(CNCc3ccccc3-n3ccnc3)=NO2)c(OC)c2c1OCO2. The van der Waals surface area contributed by atoms with E-state index in [0.717, 1.165) is 23.4 Å². The molecule has 0 unspecified atom stereocenters. The number of ether oxygens (including phenoxy) is 4. The van der Waals surface area contributed by atoms with Crippen molar-refractivity contribution in [2.24, 2.45) is 5.16 Å². The zero-order chi connectivity index (χ0) is 22.6. The molecule has 172 valence electrons. The maximum Gasteiger partial charge on any atom is 0.231 e. The maximum absolute atomic E-state index is 5.71. The van der Waals surface area contributed by atoms with E-state index in [1.807, 2.05) is 29.0 Å². The lowest BCUT2D eigenvalue weighted by Gasteiger charge is -2.16. The van der Waals surface area contributed by atoms with E-state index in [2.05, 4.69) is 27.6 Å². The van der Waals surface area contributed by atoms with E-state index in [1.54, 1.807) is 26.7 Å². The quantitative estimate of drug-likeness (QED) is 0.536. The van der Waals surface area contributed by atoms with Crippen molar-refractivity contribution in [2.45, 2.75) is 25.5 Å². The average Bonchev–Trinajstić information content (AvgIpc) is 3.61. The van der Waals surface area contributed by atoms with E-state index in [9.17, 15) is 0 Å². The summed E-state index contributed by atoms with van der Waals surface area (Å²) in [4.78, 5) is 9.86. The first kappa shape index (κ1) is 21.1. The summed E-state index contributed by atoms with van der Waals surface area (Å²) < 4.78 is 24.2. The van der Waals surface area contributed by atoms with Crippen molar-refractivity contribution in [2.75, 3.05) is 27.6 Å². The second-order valence-electron chi connectivity index (χ2n) is 7.83. The Labute approximate surface area is 191 Å². The predicted molar refractivity (Wildman–Crippen MR) is 122 cm³/mol. The molecule has 3 heterocycles. The van der Waals surface area contributed by atoms with E-state index >= 15 is 0 Å². The van der Waals surface area contributed by atoms with Gasteiger partial charge in [-0.15, -0.1) is 0 Å². The largest absolute Gasteiger partial charge is 0.493 e. The van der Waals surface area contributed by atoms with Gasteiger partial charge >= 0.3 is 0 Å². The summed E-state index contributed by atoms with van der Waals surface area (Å²) in [5.41, 5.74) is 4.20. The van der Waals surface area contributed by atoms with Crippen LogP contribution in [-0.4, -0.2) is 48.9 Å². The first-order valence-corrected chi connectivity index (χ1v) is 10.8. The number of para-hydroxylation sites is 1. The van der Waals surface area contributed by atoms with Gasteiger partial charge < -0.3 is 33.7 Å². The maximum atomic E-state index is 5.71. The molecule has 0 bridgehead atoms. The summed E-state index contributed by atoms with van der Waals surface area (Å²) in [6, 6.07) is 10.2. The fourth-order valence-electron chi connectivity index (χ4n) is 4.19. The second-order valence-corrected chi connectivity index (χ2v) is 7.83. The Balaban J connectivity index is 1.19. The second kappa shape index (κ2) is 9.41. The molecule has 2 aliphatic rings. The van der Waals surface area contributed by atoms with Crippen molar-refractivity contribution >= 4 is 5.71 Å². The van der Waals surface area contributed by atoms with Crippen LogP contribution in [0.3, 0.4) is 0 Å². The first-order chi connectivity index (χ1) is 16.3. The Morgan fingerprint density at radius 2 is 1.97 bits per heavy atom. The van der Waals surface area contributed by atoms with Crippen molar-refractivity contribution in [3.8, 4) is 28.7 Å². The lowest BCUT2D eigenvalue weighted by Crippen LogP contribution is -2.23. The summed E-state index contributed by atoms with van der Waals surface area (Å²) in [5.74, 6) is 2.41. The van der Waals surface area contributed by atoms with Crippen LogP contribution in [0.15, 0.2) is 54.2 Å². The third-order valence-electron chi connectivity index (χ3n) is 5.72. The number of rotatable bonds is 9. The highest BCUT2D eigenvalue weighted by molar-refractivity contribution is 5.87. The van der Waals surface area contributed by atoms with Crippen molar-refractivity contribution in [3.05, 3.63) is 60.2 Å². The molecule has 5 rings (SSSR count). The fraction of sp³-hybridized carbons (Fsp3) is 0.333. The summed E-state index contributed by atoms with van der Waals surface area (Å²) >= 11 is 0. The van der Waals surface area contributed by atoms with Crippen LogP contribution in [0.5, 0.6) is 23.0 Å². The predicted octanol–water partition coefficient (Wildman–Crippen LogP) is 3.10. The van der Waals surface area contributed by atoms with Crippen LogP contribution in [0, 0.1) is 0 Å². The van der Waals surface area contributed by atoms with Gasteiger partial charge in [-0.05, 0) is 17.7 Å². The molecular formula is C24H26N4O5. The molecule has 0 spiro atoms. The van der Waals surface area contributed by atoms with Gasteiger partial charge in [0, 0.05) is 43.9 Å². The Morgan fingerprint density at radius 3 is 2.79 bits per heavy atom. The molecule has 2 aromatic carbocycles. The van der Waals surface area contributed by atoms with E-state index in [0.29, 0.717) is 42.5 Å². The molecule has 1 aromatic heterocycles. The Kier molecular flexibility index (Phi) is 6.03. The van der Waals surface area contributed by atoms with Crippen LogP contribution in [0.2, 0.25) is 0 Å². The molecule has 0 saturated heterocycles. The summed E-state index contributed by atoms with van der Waals surface area (Å²) in [6.45, 7) is 1.51. The third kappa shape index (κ3) is 4.31. The van der Waals surface area contributed by atoms with E-state index < -0.39 is 0 Å². The van der Waals surface area contributed by atoms with Gasteiger partial charge in [0.15, 0.2) is 11.5 Å². The zero-order valence-electron chi connectivity index (χ0n) is 18.6. The Morgan fingerprint density at radius 1 is 1.09 bits per heavy atom. The summed E-state index contributed by atoms with van der Waals surface area (Å²) in [7, 11) is 3.23. The van der Waals surface area contributed by atoms with E-state index in [1.165, 1.54) is 5.56 Å². The van der Waals surface area contributed by atoms with Crippen molar-refractivity contribution in [1.82, 2.24) is 14.9 Å². The van der Waals surface area contributed by atoms with Gasteiger partial charge in [-0.3, -0.25) is 0 Å². The van der Waals surface area contributed by atoms with Gasteiger partial charge in [-0.1, -0.05) is 23.4 Å². The van der Waals surface area contributed by atoms with E-state index in [4.69, 9.17) is 23.8 Å². The van der Waals surface area contributed by atoms with E-state index in [-0.39, 0.29) is 12.9 Å². The molecule has 3 aromatic rings. The van der Waals surface area contributed by atoms with Crippen molar-refractivity contribution in [3.63, 3.8) is 0 Å². The van der Waals surface area contributed by atoms with Crippen LogP contribution in [-0.2, 0) is 17.8 Å². The minimum absolute atomic E-state index is 0.0842. The van der Waals surface area contributed by atoms with Crippen LogP contribution < -0.4 is 24.3 Å². The average molecular weight is 450 g/mol. The lowest BCUT2D eigenvalue weighted by molar-refractivity contribution is 0.0853. The molecule has 0 saturated carbocycles. The molecule has 33 heavy (non-hydrogen) atoms. The lowest BCUT2D eigenvalue weighted by atomic mass is 10.0. The molecule has 1 atom stereocenters. The molecular weight excluding hydrogens is 424 g/mol. The van der Waals surface area contributed by atoms with Crippen LogP contribution in [0.1, 0.15) is 17.5 Å². The molecule has 0 radical (unpaired) electrons. The number of aromatic nitrogens is 2. The highest BCUT2D eigenvalue weighted by Crippen LogP contribution is 2.49. The minimum atomic E-state index is -0.0842. The minimum Gasteiger partial charge on any atom is -0.493 e. The number of methoxy groups -OCH3 is 2. The van der Waals surface area contributed by atoms with Gasteiger partial charge in [-0.25, -0.2) is 4.98 Å². The first-order valence-electron chi connectivity index (χ1n) is 10.8. The molecule has 9 heteroatoms. The van der Waals surface area contributed by atoms with Crippen LogP contribution in [0.25, 0.3) is 5.69 Å². The topological polar surface area (TPSA) is 88.4 Å². The number of nitrogens with one attached hydrogen (secondary N) is 1. The number of hydrogen-bond donors (Lipinski definition) is 1. The number of benzene rings is 2. The van der Waals surface area contributed by atoms with Gasteiger partial charge in [0.25, 0.3) is 0 Å². The number of oxime groups is 1. The molecule has 0 aliphatic carbocycles. The molecule has 2 aliphatic heterocycles. The van der Waals surface area contributed by atoms with Gasteiger partial charge in [0.1, 0.15) is 6.10 Å². The number of fused-ring (bicyclic) bond motifs is 1. The van der Waals surface area contributed by atoms with Gasteiger partial charge in [0.05, 0.1) is 31.9 Å². The van der Waals surface area contributed by atoms with Crippen molar-refractivity contribution in [1.29, 1.82) is 0 Å². The number of imidazole rings is 1. The molecule has 1 N–H and O–H groups in total. The third-order valence-corrected chi connectivity index (χ3v) is 5.72. The highest BCUT2D eigenvalue weighted by Gasteiger charge is 2.30. The van der Waals surface area contributed by atoms with Crippen LogP contribution in [0.4, 0.5) is 0 Å². The van der Waals surface area contributed by atoms with Gasteiger partial charge in [-0.2, -0.15) is 0 Å². The normalized spacial score (nSPS) is 16.4. The molecule has 0 amide bonds. The smallest absolute Gasteiger partial charge is 0.231 e. The number of hydrogen-bond acceptors (Lipinski definition) is 8. The molecule has 9 nitrogen and oxygen atoms in total.